The van der Waals surface area contributed by atoms with Gasteiger partial charge >= 0.3 is 0 Å². The molecule has 0 aliphatic carbocycles. The van der Waals surface area contributed by atoms with E-state index in [1.54, 1.807) is 29.2 Å². The van der Waals surface area contributed by atoms with E-state index in [1.807, 2.05) is 0 Å². The van der Waals surface area contributed by atoms with Crippen molar-refractivity contribution in [2.24, 2.45) is 0 Å². The number of nitrogens with one attached hydrogen (secondary N) is 1. The third-order valence-corrected chi connectivity index (χ3v) is 9.10. The highest BCUT2D eigenvalue weighted by atomic mass is 19.3. The molecule has 4 aliphatic heterocycles. The van der Waals surface area contributed by atoms with Crippen LogP contribution in [0.4, 0.5) is 19.0 Å². The minimum absolute atomic E-state index is 0.0274. The number of hydrogen-bond donors (Lipinski definition) is 1. The number of alkyl halides is 2. The minimum atomic E-state index is -2.77. The number of likely N-dealkylation sites (tertiary alicyclic amines) is 1. The fourth-order valence-electron chi connectivity index (χ4n) is 6.83. The number of anilines is 1. The molecule has 1 aromatic carbocycles. The molecule has 0 radical (unpaired) electrons. The molecule has 0 saturated carbocycles. The molecule has 238 valence electrons. The smallest absolute Gasteiger partial charge is 0.284 e. The number of morpholine rings is 1. The van der Waals surface area contributed by atoms with Crippen LogP contribution in [-0.4, -0.2) is 92.5 Å². The molecule has 0 spiro atoms. The van der Waals surface area contributed by atoms with Crippen molar-refractivity contribution in [3.05, 3.63) is 58.8 Å². The number of carbonyl (C=O) groups is 3. The summed E-state index contributed by atoms with van der Waals surface area (Å²) in [5.41, 5.74) is 1.14. The number of hydrogen-bond acceptors (Lipinski definition) is 8. The number of fused-ring (bicyclic) bond motifs is 1. The number of carbonyl (C=O) groups excluding carboxylic acids is 3. The fourth-order valence-corrected chi connectivity index (χ4v) is 6.83. The quantitative estimate of drug-likeness (QED) is 0.398. The lowest BCUT2D eigenvalue weighted by Crippen LogP contribution is -2.52. The van der Waals surface area contributed by atoms with Gasteiger partial charge in [-0.05, 0) is 36.5 Å². The van der Waals surface area contributed by atoms with Crippen molar-refractivity contribution in [1.29, 1.82) is 0 Å². The van der Waals surface area contributed by atoms with Crippen LogP contribution in [0.15, 0.2) is 30.6 Å². The van der Waals surface area contributed by atoms with E-state index >= 15 is 4.39 Å². The van der Waals surface area contributed by atoms with Gasteiger partial charge in [-0.25, -0.2) is 17.9 Å². The molecule has 3 aromatic rings. The minimum Gasteiger partial charge on any atom is -0.378 e. The summed E-state index contributed by atoms with van der Waals surface area (Å²) < 4.78 is 52.1. The van der Waals surface area contributed by atoms with E-state index in [0.29, 0.717) is 69.9 Å². The highest BCUT2D eigenvalue weighted by molar-refractivity contribution is 6.05. The average Bonchev–Trinajstić information content (AvgIpc) is 3.76. The number of aromatic nitrogens is 4. The maximum absolute atomic E-state index is 15.2. The Morgan fingerprint density at radius 2 is 1.82 bits per heavy atom. The molecule has 3 fully saturated rings. The monoisotopic (exact) mass is 626 g/mol. The van der Waals surface area contributed by atoms with Crippen molar-refractivity contribution in [2.75, 3.05) is 44.3 Å². The summed E-state index contributed by atoms with van der Waals surface area (Å²) in [7, 11) is 0. The van der Waals surface area contributed by atoms with Gasteiger partial charge in [-0.15, -0.1) is 0 Å². The Morgan fingerprint density at radius 3 is 2.56 bits per heavy atom. The summed E-state index contributed by atoms with van der Waals surface area (Å²) in [6.45, 7) is 4.24. The van der Waals surface area contributed by atoms with Crippen LogP contribution < -0.4 is 10.2 Å². The largest absolute Gasteiger partial charge is 0.378 e. The molecular formula is C30H33F3N8O4. The van der Waals surface area contributed by atoms with Gasteiger partial charge in [-0.3, -0.25) is 29.3 Å². The molecule has 15 heteroatoms. The number of imide groups is 1. The van der Waals surface area contributed by atoms with Gasteiger partial charge in [0.2, 0.25) is 11.8 Å². The Balaban J connectivity index is 1.02. The van der Waals surface area contributed by atoms with Crippen LogP contribution in [0.3, 0.4) is 0 Å². The number of nitrogens with zero attached hydrogens (tertiary/aromatic N) is 7. The highest BCUT2D eigenvalue weighted by Gasteiger charge is 2.40. The van der Waals surface area contributed by atoms with Crippen molar-refractivity contribution in [3.8, 4) is 5.69 Å². The van der Waals surface area contributed by atoms with E-state index in [2.05, 4.69) is 25.3 Å². The van der Waals surface area contributed by atoms with Gasteiger partial charge in [0.15, 0.2) is 5.69 Å². The van der Waals surface area contributed by atoms with Crippen molar-refractivity contribution >= 4 is 23.5 Å². The van der Waals surface area contributed by atoms with E-state index in [1.165, 1.54) is 15.6 Å². The Morgan fingerprint density at radius 1 is 1.04 bits per heavy atom. The normalized spacial score (nSPS) is 21.6. The van der Waals surface area contributed by atoms with E-state index in [9.17, 15) is 23.2 Å². The second-order valence-corrected chi connectivity index (χ2v) is 11.9. The van der Waals surface area contributed by atoms with Crippen LogP contribution >= 0.6 is 0 Å². The van der Waals surface area contributed by atoms with E-state index in [4.69, 9.17) is 4.74 Å². The van der Waals surface area contributed by atoms with Crippen LogP contribution in [0.1, 0.15) is 65.3 Å². The van der Waals surface area contributed by atoms with Gasteiger partial charge in [0, 0.05) is 51.8 Å². The Labute approximate surface area is 256 Å². The van der Waals surface area contributed by atoms with Gasteiger partial charge in [0.25, 0.3) is 12.3 Å². The molecule has 1 atom stereocenters. The first-order valence-electron chi connectivity index (χ1n) is 15.2. The number of benzene rings is 1. The summed E-state index contributed by atoms with van der Waals surface area (Å²) in [5, 5.41) is 10.9. The third kappa shape index (κ3) is 5.58. The SMILES string of the molecule is O=C1CCC(N2Cc3cc(CN4CCC(n5cc(-n6nccc6N6CCOCC6)c(C(F)F)n5)CC4)cc(F)c3C2=O)C(=O)N1. The zero-order chi connectivity index (χ0) is 31.2. The molecule has 1 unspecified atom stereocenters. The van der Waals surface area contributed by atoms with E-state index in [0.717, 1.165) is 5.82 Å². The maximum atomic E-state index is 15.2. The topological polar surface area (TPSA) is 118 Å². The average molecular weight is 627 g/mol. The van der Waals surface area contributed by atoms with E-state index in [-0.39, 0.29) is 48.3 Å². The van der Waals surface area contributed by atoms with Crippen LogP contribution in [0.2, 0.25) is 0 Å². The van der Waals surface area contributed by atoms with Crippen molar-refractivity contribution in [3.63, 3.8) is 0 Å². The number of halogens is 3. The second-order valence-electron chi connectivity index (χ2n) is 11.9. The van der Waals surface area contributed by atoms with Crippen molar-refractivity contribution < 1.29 is 32.3 Å². The van der Waals surface area contributed by atoms with Crippen molar-refractivity contribution in [2.45, 2.75) is 57.3 Å². The zero-order valence-corrected chi connectivity index (χ0v) is 24.5. The summed E-state index contributed by atoms with van der Waals surface area (Å²) in [4.78, 5) is 42.4. The lowest BCUT2D eigenvalue weighted by molar-refractivity contribution is -0.136. The first-order chi connectivity index (χ1) is 21.8. The molecule has 1 N–H and O–H groups in total. The molecule has 45 heavy (non-hydrogen) atoms. The van der Waals surface area contributed by atoms with Gasteiger partial charge in [-0.2, -0.15) is 10.2 Å². The molecule has 0 bridgehead atoms. The van der Waals surface area contributed by atoms with Crippen LogP contribution in [0.25, 0.3) is 5.69 Å². The van der Waals surface area contributed by atoms with Gasteiger partial charge in [0.05, 0.1) is 37.2 Å². The molecule has 3 amide bonds. The third-order valence-electron chi connectivity index (χ3n) is 9.10. The summed E-state index contributed by atoms with van der Waals surface area (Å²) in [6.07, 6.45) is 2.14. The standard InChI is InChI=1S/C30H33F3N8O4/c31-21-14-18(13-19-16-39(30(44)26(19)21)22-1-2-24(42)35-29(22)43)15-37-7-4-20(5-8-37)40-17-23(27(36-40)28(32)33)41-25(3-6-34-41)38-9-11-45-12-10-38/h3,6,13-14,17,20,22,28H,1-2,4-5,7-12,15-16H2,(H,35,42,43). The van der Waals surface area contributed by atoms with Crippen LogP contribution in [0, 0.1) is 5.82 Å². The van der Waals surface area contributed by atoms with Crippen LogP contribution in [-0.2, 0) is 27.4 Å². The maximum Gasteiger partial charge on any atom is 0.284 e. The number of amides is 3. The highest BCUT2D eigenvalue weighted by Crippen LogP contribution is 2.33. The molecule has 12 nitrogen and oxygen atoms in total. The molecule has 2 aromatic heterocycles. The molecular weight excluding hydrogens is 593 g/mol. The summed E-state index contributed by atoms with van der Waals surface area (Å²) >= 11 is 0. The zero-order valence-electron chi connectivity index (χ0n) is 24.5. The Kier molecular flexibility index (Phi) is 7.81. The summed E-state index contributed by atoms with van der Waals surface area (Å²) in [6, 6.07) is 4.07. The molecule has 3 saturated heterocycles. The van der Waals surface area contributed by atoms with Gasteiger partial charge in [-0.1, -0.05) is 6.07 Å². The number of ether oxygens (including phenoxy) is 1. The number of piperidine rings is 2. The predicted molar refractivity (Wildman–Crippen MR) is 153 cm³/mol. The van der Waals surface area contributed by atoms with E-state index < -0.39 is 30.1 Å². The molecule has 7 rings (SSSR count). The van der Waals surface area contributed by atoms with Crippen molar-refractivity contribution in [1.82, 2.24) is 34.7 Å². The molecule has 6 heterocycles. The van der Waals surface area contributed by atoms with Gasteiger partial charge in [0.1, 0.15) is 23.4 Å². The first kappa shape index (κ1) is 29.5. The Hall–Kier alpha value is -4.24. The predicted octanol–water partition coefficient (Wildman–Crippen LogP) is 2.58. The Bertz CT molecular complexity index is 1630. The lowest BCUT2D eigenvalue weighted by Gasteiger charge is -2.32. The fraction of sp³-hybridized carbons (Fsp3) is 0.500. The second kappa shape index (κ2) is 11.9. The van der Waals surface area contributed by atoms with Crippen LogP contribution in [0.5, 0.6) is 0 Å². The first-order valence-corrected chi connectivity index (χ1v) is 15.2. The lowest BCUT2D eigenvalue weighted by atomic mass is 10.0. The summed E-state index contributed by atoms with van der Waals surface area (Å²) in [5.74, 6) is -1.37. The van der Waals surface area contributed by atoms with Gasteiger partial charge < -0.3 is 14.5 Å². The molecule has 4 aliphatic rings. The number of rotatable bonds is 7.